The van der Waals surface area contributed by atoms with Crippen molar-refractivity contribution in [1.82, 2.24) is 5.32 Å². The number of hydrogen-bond donors (Lipinski definition) is 1. The first-order valence-corrected chi connectivity index (χ1v) is 8.75. The number of rotatable bonds is 2. The van der Waals surface area contributed by atoms with Crippen LogP contribution in [-0.4, -0.2) is 25.2 Å². The molecule has 2 atom stereocenters. The summed E-state index contributed by atoms with van der Waals surface area (Å²) >= 11 is 3.77. The third-order valence-electron chi connectivity index (χ3n) is 4.58. The van der Waals surface area contributed by atoms with Gasteiger partial charge in [0.05, 0.1) is 5.69 Å². The van der Waals surface area contributed by atoms with Crippen molar-refractivity contribution in [2.24, 2.45) is 11.3 Å². The Hall–Kier alpha value is -0.540. The zero-order valence-corrected chi connectivity index (χ0v) is 15.8. The van der Waals surface area contributed by atoms with Gasteiger partial charge in [-0.2, -0.15) is 0 Å². The van der Waals surface area contributed by atoms with Gasteiger partial charge in [0.25, 0.3) is 0 Å². The average Bonchev–Trinajstić information content (AvgIpc) is 2.37. The van der Waals surface area contributed by atoms with Crippen LogP contribution in [0.5, 0.6) is 0 Å². The molecular formula is C18H29BrN2. The lowest BCUT2D eigenvalue weighted by molar-refractivity contribution is 0.220. The van der Waals surface area contributed by atoms with Crippen LogP contribution in [0.1, 0.15) is 40.2 Å². The van der Waals surface area contributed by atoms with Crippen LogP contribution in [0.15, 0.2) is 22.7 Å². The number of aryl methyl sites for hydroxylation is 1. The molecule has 3 heteroatoms. The number of nitrogens with zero attached hydrogens (tertiary/aromatic N) is 1. The van der Waals surface area contributed by atoms with E-state index in [0.29, 0.717) is 18.0 Å². The third kappa shape index (κ3) is 3.81. The van der Waals surface area contributed by atoms with Crippen molar-refractivity contribution in [1.29, 1.82) is 0 Å². The molecule has 21 heavy (non-hydrogen) atoms. The van der Waals surface area contributed by atoms with Gasteiger partial charge in [0.15, 0.2) is 0 Å². The van der Waals surface area contributed by atoms with Crippen LogP contribution in [0.3, 0.4) is 0 Å². The van der Waals surface area contributed by atoms with Crippen LogP contribution in [-0.2, 0) is 0 Å². The van der Waals surface area contributed by atoms with Crippen molar-refractivity contribution in [2.45, 2.75) is 53.6 Å². The summed E-state index contributed by atoms with van der Waals surface area (Å²) in [6, 6.07) is 7.76. The molecule has 0 aromatic heterocycles. The summed E-state index contributed by atoms with van der Waals surface area (Å²) in [6.07, 6.45) is 0. The molecule has 1 N–H and O–H groups in total. The SMILES string of the molecule is Cc1ccc(N2CC(C(C)(C)C)NCC2C(C)C)c(Br)c1. The van der Waals surface area contributed by atoms with Crippen molar-refractivity contribution >= 4 is 21.6 Å². The summed E-state index contributed by atoms with van der Waals surface area (Å²) in [5.41, 5.74) is 2.90. The van der Waals surface area contributed by atoms with E-state index in [1.807, 2.05) is 0 Å². The number of nitrogens with one attached hydrogen (secondary N) is 1. The molecule has 1 fully saturated rings. The fourth-order valence-electron chi connectivity index (χ4n) is 3.07. The highest BCUT2D eigenvalue weighted by molar-refractivity contribution is 9.10. The molecule has 1 aliphatic rings. The van der Waals surface area contributed by atoms with E-state index in [9.17, 15) is 0 Å². The molecule has 1 aliphatic heterocycles. The maximum absolute atomic E-state index is 3.77. The second-order valence-electron chi connectivity index (χ2n) is 7.75. The van der Waals surface area contributed by atoms with E-state index in [0.717, 1.165) is 13.1 Å². The molecule has 0 radical (unpaired) electrons. The Morgan fingerprint density at radius 2 is 1.95 bits per heavy atom. The maximum atomic E-state index is 3.77. The predicted molar refractivity (Wildman–Crippen MR) is 96.1 cm³/mol. The summed E-state index contributed by atoms with van der Waals surface area (Å²) in [4.78, 5) is 2.60. The fourth-order valence-corrected chi connectivity index (χ4v) is 3.79. The highest BCUT2D eigenvalue weighted by Gasteiger charge is 2.35. The van der Waals surface area contributed by atoms with E-state index >= 15 is 0 Å². The van der Waals surface area contributed by atoms with Crippen LogP contribution in [0, 0.1) is 18.3 Å². The topological polar surface area (TPSA) is 15.3 Å². The Morgan fingerprint density at radius 3 is 2.48 bits per heavy atom. The largest absolute Gasteiger partial charge is 0.365 e. The first-order chi connectivity index (χ1) is 9.70. The molecule has 0 amide bonds. The van der Waals surface area contributed by atoms with Crippen LogP contribution in [0.25, 0.3) is 0 Å². The van der Waals surface area contributed by atoms with Crippen molar-refractivity contribution in [3.63, 3.8) is 0 Å². The van der Waals surface area contributed by atoms with Crippen molar-refractivity contribution < 1.29 is 0 Å². The molecule has 1 aromatic carbocycles. The Bertz CT molecular complexity index is 490. The quantitative estimate of drug-likeness (QED) is 0.836. The Balaban J connectivity index is 2.34. The van der Waals surface area contributed by atoms with Crippen LogP contribution in [0.2, 0.25) is 0 Å². The maximum Gasteiger partial charge on any atom is 0.0514 e. The number of halogens is 1. The van der Waals surface area contributed by atoms with Crippen molar-refractivity contribution in [3.8, 4) is 0 Å². The van der Waals surface area contributed by atoms with E-state index in [4.69, 9.17) is 0 Å². The molecule has 2 rings (SSSR count). The highest BCUT2D eigenvalue weighted by atomic mass is 79.9. The minimum atomic E-state index is 0.275. The minimum Gasteiger partial charge on any atom is -0.365 e. The molecule has 2 unspecified atom stereocenters. The molecule has 0 spiro atoms. The van der Waals surface area contributed by atoms with Crippen LogP contribution in [0.4, 0.5) is 5.69 Å². The molecule has 0 saturated carbocycles. The highest BCUT2D eigenvalue weighted by Crippen LogP contribution is 2.34. The third-order valence-corrected chi connectivity index (χ3v) is 5.22. The lowest BCUT2D eigenvalue weighted by Crippen LogP contribution is -2.62. The van der Waals surface area contributed by atoms with Gasteiger partial charge in [-0.15, -0.1) is 0 Å². The molecule has 0 aliphatic carbocycles. The summed E-state index contributed by atoms with van der Waals surface area (Å²) in [5, 5.41) is 3.76. The monoisotopic (exact) mass is 352 g/mol. The number of benzene rings is 1. The van der Waals surface area contributed by atoms with E-state index in [-0.39, 0.29) is 5.41 Å². The number of hydrogen-bond acceptors (Lipinski definition) is 2. The van der Waals surface area contributed by atoms with E-state index in [2.05, 4.69) is 85.9 Å². The summed E-state index contributed by atoms with van der Waals surface area (Å²) in [7, 11) is 0. The Labute approximate surface area is 138 Å². The van der Waals surface area contributed by atoms with Gasteiger partial charge in [0, 0.05) is 29.6 Å². The van der Waals surface area contributed by atoms with Gasteiger partial charge in [0.1, 0.15) is 0 Å². The molecule has 1 heterocycles. The summed E-state index contributed by atoms with van der Waals surface area (Å²) in [5.74, 6) is 0.631. The molecule has 2 nitrogen and oxygen atoms in total. The minimum absolute atomic E-state index is 0.275. The van der Waals surface area contributed by atoms with Gasteiger partial charge >= 0.3 is 0 Å². The van der Waals surface area contributed by atoms with E-state index < -0.39 is 0 Å². The van der Waals surface area contributed by atoms with Gasteiger partial charge in [-0.1, -0.05) is 40.7 Å². The lowest BCUT2D eigenvalue weighted by Gasteiger charge is -2.48. The lowest BCUT2D eigenvalue weighted by atomic mass is 9.83. The number of piperazine rings is 1. The molecule has 1 saturated heterocycles. The molecule has 118 valence electrons. The summed E-state index contributed by atoms with van der Waals surface area (Å²) < 4.78 is 1.21. The zero-order chi connectivity index (χ0) is 15.8. The normalized spacial score (nSPS) is 23.7. The first-order valence-electron chi connectivity index (χ1n) is 7.96. The van der Waals surface area contributed by atoms with E-state index in [1.165, 1.54) is 15.7 Å². The Morgan fingerprint density at radius 1 is 1.29 bits per heavy atom. The summed E-state index contributed by atoms with van der Waals surface area (Å²) in [6.45, 7) is 15.9. The van der Waals surface area contributed by atoms with Gasteiger partial charge in [-0.3, -0.25) is 0 Å². The van der Waals surface area contributed by atoms with Crippen LogP contribution < -0.4 is 10.2 Å². The molecule has 0 bridgehead atoms. The van der Waals surface area contributed by atoms with E-state index in [1.54, 1.807) is 0 Å². The zero-order valence-electron chi connectivity index (χ0n) is 14.2. The predicted octanol–water partition coefficient (Wildman–Crippen LogP) is 4.61. The Kier molecular flexibility index (Phi) is 5.04. The standard InChI is InChI=1S/C18H29BrN2/c1-12(2)16-10-20-17(18(4,5)6)11-21(16)15-8-7-13(3)9-14(15)19/h7-9,12,16-17,20H,10-11H2,1-6H3. The van der Waals surface area contributed by atoms with Crippen molar-refractivity contribution in [2.75, 3.05) is 18.0 Å². The van der Waals surface area contributed by atoms with Gasteiger partial charge in [-0.25, -0.2) is 0 Å². The fraction of sp³-hybridized carbons (Fsp3) is 0.667. The molecule has 1 aromatic rings. The molecular weight excluding hydrogens is 324 g/mol. The van der Waals surface area contributed by atoms with Crippen LogP contribution >= 0.6 is 15.9 Å². The van der Waals surface area contributed by atoms with Gasteiger partial charge in [-0.05, 0) is 51.9 Å². The van der Waals surface area contributed by atoms with Gasteiger partial charge < -0.3 is 10.2 Å². The van der Waals surface area contributed by atoms with Crippen molar-refractivity contribution in [3.05, 3.63) is 28.2 Å². The second-order valence-corrected chi connectivity index (χ2v) is 8.60. The first kappa shape index (κ1) is 16.8. The number of anilines is 1. The van der Waals surface area contributed by atoms with Gasteiger partial charge in [0.2, 0.25) is 0 Å². The second kappa shape index (κ2) is 6.29. The smallest absolute Gasteiger partial charge is 0.0514 e. The average molecular weight is 353 g/mol.